The molecule has 6 N–H and O–H groups in total. The van der Waals surface area contributed by atoms with Gasteiger partial charge in [-0.25, -0.2) is 14.4 Å². The maximum absolute atomic E-state index is 12.9. The lowest BCUT2D eigenvalue weighted by atomic mass is 9.86. The Hall–Kier alpha value is -3.34. The summed E-state index contributed by atoms with van der Waals surface area (Å²) in [5.74, 6) is -5.04. The second-order valence-electron chi connectivity index (χ2n) is 16.1. The van der Waals surface area contributed by atoms with E-state index in [0.29, 0.717) is 30.3 Å². The van der Waals surface area contributed by atoms with Crippen molar-refractivity contribution >= 4 is 36.3 Å². The molecule has 16 heteroatoms. The first-order chi connectivity index (χ1) is 26.2. The van der Waals surface area contributed by atoms with Crippen molar-refractivity contribution in [3.63, 3.8) is 0 Å². The second kappa shape index (κ2) is 31.7. The average molecular weight is 807 g/mol. The number of hydrogen-bond acceptors (Lipinski definition) is 12. The first kappa shape index (κ1) is 54.8. The molecule has 0 aliphatic carbocycles. The SMILES string of the molecule is CCCCCCCCCCC[C@@H](C[C@@H]1OC(=O)[C@H]1CCCCCC)OC(=O)[C@H](CC(C)C)NC=O.C[N+](C)(C)C[C@H](O)CC(=O)[O-].O=C(O)[C@@H](O)[C@H](O)C(=O)O. The standard InChI is InChI=1S/C29H53NO5.C7H15NO3.C4H6O6/c1-5-7-9-11-12-13-14-15-16-18-24(34-29(33)26(30-22-31)20-23(3)4)21-27-25(28(32)35-27)19-17-10-8-6-2;1-8(2,3)5-6(9)4-7(10)11;5-1(3(7)8)2(6)4(9)10/h22-27H,5-21H2,1-4H3,(H,30,31);6,9H,4-5H2,1-3H3;1-2,5-6H,(H,7,8)(H,9,10)/t24-,25-,26-,27-;6-;1-,2-/m010/s1. The number of hydrogen-bond donors (Lipinski definition) is 6. The van der Waals surface area contributed by atoms with Gasteiger partial charge in [0.25, 0.3) is 0 Å². The molecule has 0 bridgehead atoms. The van der Waals surface area contributed by atoms with Crippen LogP contribution >= 0.6 is 0 Å². The van der Waals surface area contributed by atoms with Gasteiger partial charge in [-0.15, -0.1) is 0 Å². The summed E-state index contributed by atoms with van der Waals surface area (Å²) in [6, 6.07) is -0.632. The summed E-state index contributed by atoms with van der Waals surface area (Å²) in [4.78, 5) is 65.5. The predicted molar refractivity (Wildman–Crippen MR) is 207 cm³/mol. The van der Waals surface area contributed by atoms with E-state index < -0.39 is 42.3 Å². The van der Waals surface area contributed by atoms with Crippen LogP contribution in [0.1, 0.15) is 143 Å². The molecule has 7 atom stereocenters. The molecule has 0 aromatic carbocycles. The minimum absolute atomic E-state index is 0.0734. The number of aliphatic carboxylic acids is 3. The summed E-state index contributed by atoms with van der Waals surface area (Å²) >= 11 is 0. The predicted octanol–water partition coefficient (Wildman–Crippen LogP) is 2.95. The van der Waals surface area contributed by atoms with Crippen molar-refractivity contribution < 1.29 is 73.4 Å². The number of nitrogens with one attached hydrogen (secondary N) is 1. The van der Waals surface area contributed by atoms with E-state index in [1.54, 1.807) is 0 Å². The van der Waals surface area contributed by atoms with E-state index in [0.717, 1.165) is 38.5 Å². The largest absolute Gasteiger partial charge is 0.550 e. The summed E-state index contributed by atoms with van der Waals surface area (Å²) in [7, 11) is 5.66. The lowest BCUT2D eigenvalue weighted by Crippen LogP contribution is -2.48. The van der Waals surface area contributed by atoms with Crippen LogP contribution in [-0.4, -0.2) is 131 Å². The molecule has 1 aliphatic rings. The van der Waals surface area contributed by atoms with Crippen molar-refractivity contribution in [1.82, 2.24) is 5.32 Å². The van der Waals surface area contributed by atoms with Gasteiger partial charge in [0.2, 0.25) is 6.41 Å². The first-order valence-electron chi connectivity index (χ1n) is 20.3. The first-order valence-corrected chi connectivity index (χ1v) is 20.3. The van der Waals surface area contributed by atoms with Crippen LogP contribution in [0.25, 0.3) is 0 Å². The molecule has 1 heterocycles. The van der Waals surface area contributed by atoms with Gasteiger partial charge in [0, 0.05) is 18.8 Å². The monoisotopic (exact) mass is 807 g/mol. The van der Waals surface area contributed by atoms with E-state index in [1.165, 1.54) is 57.8 Å². The third-order valence-corrected chi connectivity index (χ3v) is 9.02. The highest BCUT2D eigenvalue weighted by atomic mass is 16.6. The Kier molecular flexibility index (Phi) is 31.0. The van der Waals surface area contributed by atoms with Gasteiger partial charge in [-0.2, -0.15) is 0 Å². The fourth-order valence-corrected chi connectivity index (χ4v) is 6.06. The molecule has 1 amide bonds. The van der Waals surface area contributed by atoms with Crippen molar-refractivity contribution in [2.45, 2.75) is 180 Å². The molecular formula is C40H74N2O14. The number of aliphatic hydroxyl groups is 3. The van der Waals surface area contributed by atoms with Crippen molar-refractivity contribution in [3.8, 4) is 0 Å². The van der Waals surface area contributed by atoms with Gasteiger partial charge in [0.05, 0.1) is 27.1 Å². The number of unbranched alkanes of at least 4 members (excludes halogenated alkanes) is 11. The maximum Gasteiger partial charge on any atom is 0.335 e. The molecule has 0 aromatic rings. The molecule has 16 nitrogen and oxygen atoms in total. The van der Waals surface area contributed by atoms with Crippen LogP contribution in [0, 0.1) is 11.8 Å². The summed E-state index contributed by atoms with van der Waals surface area (Å²) < 4.78 is 12.0. The van der Waals surface area contributed by atoms with E-state index in [-0.39, 0.29) is 42.4 Å². The van der Waals surface area contributed by atoms with E-state index in [4.69, 9.17) is 35.0 Å². The zero-order chi connectivity index (χ0) is 43.3. The number of amides is 1. The quantitative estimate of drug-likeness (QED) is 0.0264. The maximum atomic E-state index is 12.9. The van der Waals surface area contributed by atoms with Crippen LogP contribution in [0.15, 0.2) is 0 Å². The van der Waals surface area contributed by atoms with Crippen molar-refractivity contribution in [3.05, 3.63) is 0 Å². The van der Waals surface area contributed by atoms with Gasteiger partial charge in [0.15, 0.2) is 12.2 Å². The number of rotatable bonds is 30. The number of quaternary nitrogens is 1. The molecule has 0 radical (unpaired) electrons. The molecule has 1 saturated heterocycles. The minimum Gasteiger partial charge on any atom is -0.550 e. The second-order valence-corrected chi connectivity index (χ2v) is 16.1. The van der Waals surface area contributed by atoms with Crippen LogP contribution in [0.2, 0.25) is 0 Å². The highest BCUT2D eigenvalue weighted by molar-refractivity contribution is 5.83. The van der Waals surface area contributed by atoms with Crippen molar-refractivity contribution in [1.29, 1.82) is 0 Å². The fraction of sp³-hybridized carbons (Fsp3) is 0.850. The van der Waals surface area contributed by atoms with E-state index in [2.05, 4.69) is 19.2 Å². The number of carbonyl (C=O) groups is 6. The van der Waals surface area contributed by atoms with Gasteiger partial charge in [-0.05, 0) is 31.6 Å². The Morgan fingerprint density at radius 1 is 0.839 bits per heavy atom. The zero-order valence-corrected chi connectivity index (χ0v) is 35.0. The molecule has 328 valence electrons. The molecule has 1 rings (SSSR count). The average Bonchev–Trinajstić information content (AvgIpc) is 3.08. The normalized spacial score (nSPS) is 17.6. The Balaban J connectivity index is 0. The van der Waals surface area contributed by atoms with E-state index >= 15 is 0 Å². The smallest absolute Gasteiger partial charge is 0.335 e. The summed E-state index contributed by atoms with van der Waals surface area (Å²) in [5, 5.41) is 54.3. The Labute approximate surface area is 333 Å². The Morgan fingerprint density at radius 3 is 1.73 bits per heavy atom. The minimum atomic E-state index is -2.27. The number of ether oxygens (including phenoxy) is 2. The summed E-state index contributed by atoms with van der Waals surface area (Å²) in [5.41, 5.74) is 0. The summed E-state index contributed by atoms with van der Waals surface area (Å²) in [6.45, 7) is 8.88. The Morgan fingerprint density at radius 2 is 1.32 bits per heavy atom. The lowest BCUT2D eigenvalue weighted by Gasteiger charge is -2.37. The third-order valence-electron chi connectivity index (χ3n) is 9.02. The highest BCUT2D eigenvalue weighted by Crippen LogP contribution is 2.33. The zero-order valence-electron chi connectivity index (χ0n) is 35.0. The number of nitrogens with zero attached hydrogens (tertiary/aromatic N) is 1. The van der Waals surface area contributed by atoms with Gasteiger partial charge in [-0.1, -0.05) is 105 Å². The van der Waals surface area contributed by atoms with Crippen LogP contribution in [0.4, 0.5) is 0 Å². The number of esters is 2. The molecule has 0 spiro atoms. The summed E-state index contributed by atoms with van der Waals surface area (Å²) in [6.07, 6.45) is 12.9. The highest BCUT2D eigenvalue weighted by Gasteiger charge is 2.43. The van der Waals surface area contributed by atoms with E-state index in [9.17, 15) is 33.9 Å². The molecule has 0 saturated carbocycles. The van der Waals surface area contributed by atoms with Gasteiger partial charge < -0.3 is 54.7 Å². The molecular weight excluding hydrogens is 732 g/mol. The molecule has 56 heavy (non-hydrogen) atoms. The third kappa shape index (κ3) is 29.0. The van der Waals surface area contributed by atoms with Crippen LogP contribution in [0.3, 0.4) is 0 Å². The number of carbonyl (C=O) groups excluding carboxylic acids is 4. The van der Waals surface area contributed by atoms with Gasteiger partial charge in [-0.3, -0.25) is 9.59 Å². The number of cyclic esters (lactones) is 1. The molecule has 0 unspecified atom stereocenters. The number of carboxylic acid groups (broad SMARTS) is 3. The lowest BCUT2D eigenvalue weighted by molar-refractivity contribution is -0.873. The van der Waals surface area contributed by atoms with Crippen molar-refractivity contribution in [2.24, 2.45) is 11.8 Å². The van der Waals surface area contributed by atoms with Crippen LogP contribution in [-0.2, 0) is 38.2 Å². The van der Waals surface area contributed by atoms with E-state index in [1.807, 2.05) is 35.0 Å². The number of aliphatic hydroxyl groups excluding tert-OH is 3. The van der Waals surface area contributed by atoms with Crippen molar-refractivity contribution in [2.75, 3.05) is 27.7 Å². The van der Waals surface area contributed by atoms with Gasteiger partial charge >= 0.3 is 23.9 Å². The number of carboxylic acids is 3. The van der Waals surface area contributed by atoms with Crippen LogP contribution in [0.5, 0.6) is 0 Å². The van der Waals surface area contributed by atoms with Crippen LogP contribution < -0.4 is 10.4 Å². The Bertz CT molecular complexity index is 1100. The molecule has 0 aromatic heterocycles. The molecule has 1 aliphatic heterocycles. The number of likely N-dealkylation sites (N-methyl/N-ethyl adjacent to an activating group) is 1. The molecule has 1 fully saturated rings. The fourth-order valence-electron chi connectivity index (χ4n) is 6.06. The topological polar surface area (TPSA) is 257 Å². The van der Waals surface area contributed by atoms with Gasteiger partial charge in [0.1, 0.15) is 30.9 Å².